The van der Waals surface area contributed by atoms with Gasteiger partial charge in [0.25, 0.3) is 0 Å². The Morgan fingerprint density at radius 3 is 2.94 bits per heavy atom. The highest BCUT2D eigenvalue weighted by Gasteiger charge is 2.20. The lowest BCUT2D eigenvalue weighted by atomic mass is 10.1. The number of ether oxygens (including phenoxy) is 2. The van der Waals surface area contributed by atoms with Crippen LogP contribution in [-0.4, -0.2) is 24.9 Å². The Morgan fingerprint density at radius 1 is 1.33 bits per heavy atom. The van der Waals surface area contributed by atoms with Gasteiger partial charge in [0.15, 0.2) is 0 Å². The van der Waals surface area contributed by atoms with E-state index < -0.39 is 0 Å². The number of rotatable bonds is 6. The van der Waals surface area contributed by atoms with Crippen molar-refractivity contribution in [2.45, 2.75) is 32.8 Å². The molecule has 1 N–H and O–H groups in total. The summed E-state index contributed by atoms with van der Waals surface area (Å²) in [6, 6.07) is 5.93. The third-order valence-electron chi connectivity index (χ3n) is 3.11. The second kappa shape index (κ2) is 6.21. The molecule has 0 saturated heterocycles. The van der Waals surface area contributed by atoms with Gasteiger partial charge in [0.1, 0.15) is 12.4 Å². The molecule has 100 valence electrons. The first-order valence-electron chi connectivity index (χ1n) is 6.68. The number of benzene rings is 1. The molecule has 18 heavy (non-hydrogen) atoms. The lowest BCUT2D eigenvalue weighted by Gasteiger charge is -2.10. The fraction of sp³-hybridized carbons (Fsp3) is 0.600. The van der Waals surface area contributed by atoms with Crippen molar-refractivity contribution in [3.63, 3.8) is 0 Å². The van der Waals surface area contributed by atoms with Crippen molar-refractivity contribution in [1.82, 2.24) is 0 Å². The molecule has 0 radical (unpaired) electrons. The average Bonchev–Trinajstić information content (AvgIpc) is 2.70. The van der Waals surface area contributed by atoms with Gasteiger partial charge in [-0.15, -0.1) is 0 Å². The van der Waals surface area contributed by atoms with Crippen LogP contribution in [0.5, 0.6) is 5.75 Å². The van der Waals surface area contributed by atoms with E-state index in [0.717, 1.165) is 30.8 Å². The van der Waals surface area contributed by atoms with E-state index in [1.165, 1.54) is 5.56 Å². The quantitative estimate of drug-likeness (QED) is 0.789. The fourth-order valence-corrected chi connectivity index (χ4v) is 2.20. The summed E-state index contributed by atoms with van der Waals surface area (Å²) in [5.41, 5.74) is 2.27. The average molecular weight is 250 g/mol. The molecular formula is C15H22O3. The zero-order chi connectivity index (χ0) is 13.0. The van der Waals surface area contributed by atoms with Crippen molar-refractivity contribution < 1.29 is 14.6 Å². The smallest absolute Gasteiger partial charge is 0.119 e. The number of aliphatic hydroxyl groups excluding tert-OH is 1. The van der Waals surface area contributed by atoms with Crippen molar-refractivity contribution >= 4 is 0 Å². The molecule has 3 heteroatoms. The molecular weight excluding hydrogens is 228 g/mol. The maximum absolute atomic E-state index is 9.71. The van der Waals surface area contributed by atoms with Crippen LogP contribution in [0.15, 0.2) is 18.2 Å². The van der Waals surface area contributed by atoms with Gasteiger partial charge in [0.05, 0.1) is 12.7 Å². The van der Waals surface area contributed by atoms with E-state index in [1.54, 1.807) is 0 Å². The molecule has 3 nitrogen and oxygen atoms in total. The number of aliphatic hydroxyl groups is 1. The Labute approximate surface area is 109 Å². The Bertz CT molecular complexity index is 387. The summed E-state index contributed by atoms with van der Waals surface area (Å²) in [4.78, 5) is 0. The molecule has 1 unspecified atom stereocenters. The van der Waals surface area contributed by atoms with Crippen LogP contribution < -0.4 is 4.74 Å². The van der Waals surface area contributed by atoms with E-state index in [4.69, 9.17) is 9.47 Å². The zero-order valence-electron chi connectivity index (χ0n) is 11.2. The fourth-order valence-electron chi connectivity index (χ4n) is 2.20. The van der Waals surface area contributed by atoms with Gasteiger partial charge in [0.2, 0.25) is 0 Å². The minimum absolute atomic E-state index is 0.288. The van der Waals surface area contributed by atoms with Gasteiger partial charge < -0.3 is 14.6 Å². The second-order valence-corrected chi connectivity index (χ2v) is 5.23. The summed E-state index contributed by atoms with van der Waals surface area (Å²) in [5, 5.41) is 9.71. The van der Waals surface area contributed by atoms with Crippen molar-refractivity contribution in [3.05, 3.63) is 29.3 Å². The first kappa shape index (κ1) is 13.4. The first-order valence-corrected chi connectivity index (χ1v) is 6.68. The van der Waals surface area contributed by atoms with Gasteiger partial charge in [-0.2, -0.15) is 0 Å². The van der Waals surface area contributed by atoms with Gasteiger partial charge >= 0.3 is 0 Å². The molecule has 1 aromatic carbocycles. The van der Waals surface area contributed by atoms with E-state index in [0.29, 0.717) is 19.1 Å². The summed E-state index contributed by atoms with van der Waals surface area (Å²) in [5.74, 6) is 1.43. The standard InChI is InChI=1S/C15H22O3/c1-11(2)10-17-7-8-18-13-4-5-14-12(9-13)3-6-15(14)16/h4-5,9,11,15-16H,3,6-8,10H2,1-2H3. The maximum Gasteiger partial charge on any atom is 0.119 e. The lowest BCUT2D eigenvalue weighted by molar-refractivity contribution is 0.0819. The Morgan fingerprint density at radius 2 is 2.17 bits per heavy atom. The van der Waals surface area contributed by atoms with Crippen LogP contribution in [0.3, 0.4) is 0 Å². The summed E-state index contributed by atoms with van der Waals surface area (Å²) < 4.78 is 11.1. The van der Waals surface area contributed by atoms with Crippen molar-refractivity contribution in [2.75, 3.05) is 19.8 Å². The van der Waals surface area contributed by atoms with Gasteiger partial charge in [-0.05, 0) is 42.0 Å². The predicted molar refractivity (Wildman–Crippen MR) is 70.9 cm³/mol. The first-order chi connectivity index (χ1) is 8.66. The van der Waals surface area contributed by atoms with Crippen LogP contribution in [0.1, 0.15) is 37.5 Å². The van der Waals surface area contributed by atoms with Gasteiger partial charge in [-0.3, -0.25) is 0 Å². The molecule has 1 aliphatic rings. The number of hydrogen-bond donors (Lipinski definition) is 1. The van der Waals surface area contributed by atoms with E-state index >= 15 is 0 Å². The largest absolute Gasteiger partial charge is 0.491 e. The van der Waals surface area contributed by atoms with E-state index in [1.807, 2.05) is 18.2 Å². The van der Waals surface area contributed by atoms with Crippen molar-refractivity contribution in [3.8, 4) is 5.75 Å². The molecule has 2 rings (SSSR count). The van der Waals surface area contributed by atoms with Crippen LogP contribution >= 0.6 is 0 Å². The third kappa shape index (κ3) is 3.47. The van der Waals surface area contributed by atoms with Crippen LogP contribution in [0.25, 0.3) is 0 Å². The normalized spacial score (nSPS) is 18.1. The molecule has 0 aromatic heterocycles. The molecule has 0 fully saturated rings. The Hall–Kier alpha value is -1.06. The molecule has 0 aliphatic heterocycles. The number of aryl methyl sites for hydroxylation is 1. The minimum atomic E-state index is -0.288. The molecule has 1 aliphatic carbocycles. The maximum atomic E-state index is 9.71. The van der Waals surface area contributed by atoms with E-state index in [9.17, 15) is 5.11 Å². The Balaban J connectivity index is 1.77. The highest BCUT2D eigenvalue weighted by Crippen LogP contribution is 2.33. The van der Waals surface area contributed by atoms with Crippen LogP contribution in [0.4, 0.5) is 0 Å². The third-order valence-corrected chi connectivity index (χ3v) is 3.11. The van der Waals surface area contributed by atoms with E-state index in [2.05, 4.69) is 13.8 Å². The van der Waals surface area contributed by atoms with Gasteiger partial charge in [-0.25, -0.2) is 0 Å². The monoisotopic (exact) mass is 250 g/mol. The SMILES string of the molecule is CC(C)COCCOc1ccc2c(c1)CCC2O. The Kier molecular flexibility index (Phi) is 4.61. The molecule has 0 saturated carbocycles. The summed E-state index contributed by atoms with van der Waals surface area (Å²) >= 11 is 0. The van der Waals surface area contributed by atoms with Gasteiger partial charge in [0, 0.05) is 6.61 Å². The molecule has 1 aromatic rings. The molecule has 0 spiro atoms. The molecule has 1 atom stereocenters. The van der Waals surface area contributed by atoms with E-state index in [-0.39, 0.29) is 6.10 Å². The molecule has 0 amide bonds. The number of fused-ring (bicyclic) bond motifs is 1. The predicted octanol–water partition coefficient (Wildman–Crippen LogP) is 2.72. The summed E-state index contributed by atoms with van der Waals surface area (Å²) in [6.45, 7) is 6.24. The topological polar surface area (TPSA) is 38.7 Å². The summed E-state index contributed by atoms with van der Waals surface area (Å²) in [6.07, 6.45) is 1.48. The highest BCUT2D eigenvalue weighted by atomic mass is 16.5. The minimum Gasteiger partial charge on any atom is -0.491 e. The van der Waals surface area contributed by atoms with Gasteiger partial charge in [-0.1, -0.05) is 19.9 Å². The number of hydrogen-bond acceptors (Lipinski definition) is 3. The van der Waals surface area contributed by atoms with Crippen molar-refractivity contribution in [2.24, 2.45) is 5.92 Å². The van der Waals surface area contributed by atoms with Crippen LogP contribution in [0, 0.1) is 5.92 Å². The lowest BCUT2D eigenvalue weighted by Crippen LogP contribution is -2.10. The highest BCUT2D eigenvalue weighted by molar-refractivity contribution is 5.39. The zero-order valence-corrected chi connectivity index (χ0v) is 11.2. The van der Waals surface area contributed by atoms with Crippen LogP contribution in [0.2, 0.25) is 0 Å². The van der Waals surface area contributed by atoms with Crippen molar-refractivity contribution in [1.29, 1.82) is 0 Å². The van der Waals surface area contributed by atoms with Crippen LogP contribution in [-0.2, 0) is 11.2 Å². The summed E-state index contributed by atoms with van der Waals surface area (Å²) in [7, 11) is 0. The molecule has 0 bridgehead atoms. The molecule has 0 heterocycles. The second-order valence-electron chi connectivity index (χ2n) is 5.23.